The summed E-state index contributed by atoms with van der Waals surface area (Å²) in [5.74, 6) is 0. The molecule has 0 aliphatic heterocycles. The molecule has 2 aromatic rings. The van der Waals surface area contributed by atoms with Crippen molar-refractivity contribution in [3.63, 3.8) is 0 Å². The minimum Gasteiger partial charge on any atom is -0.358 e. The zero-order valence-electron chi connectivity index (χ0n) is 15.7. The van der Waals surface area contributed by atoms with Gasteiger partial charge < -0.3 is 10.6 Å². The number of benzene rings is 2. The molecule has 0 radical (unpaired) electrons. The first-order valence-electron chi connectivity index (χ1n) is 8.95. The van der Waals surface area contributed by atoms with Crippen molar-refractivity contribution >= 4 is 23.0 Å². The van der Waals surface area contributed by atoms with E-state index in [1.54, 1.807) is 0 Å². The molecule has 2 rings (SSSR count). The molecule has 25 heavy (non-hydrogen) atoms. The van der Waals surface area contributed by atoms with Crippen molar-refractivity contribution in [1.82, 2.24) is 10.2 Å². The second kappa shape index (κ2) is 9.54. The van der Waals surface area contributed by atoms with Crippen LogP contribution in [0, 0.1) is 13.8 Å². The first kappa shape index (κ1) is 19.4. The first-order valence-corrected chi connectivity index (χ1v) is 9.36. The van der Waals surface area contributed by atoms with E-state index in [1.807, 2.05) is 6.07 Å². The predicted octanol–water partition coefficient (Wildman–Crippen LogP) is 4.63. The van der Waals surface area contributed by atoms with E-state index in [4.69, 9.17) is 12.2 Å². The monoisotopic (exact) mass is 355 g/mol. The molecule has 0 bridgehead atoms. The van der Waals surface area contributed by atoms with Gasteiger partial charge in [-0.15, -0.1) is 0 Å². The maximum Gasteiger partial charge on any atom is 0.171 e. The van der Waals surface area contributed by atoms with Gasteiger partial charge in [-0.05, 0) is 67.5 Å². The summed E-state index contributed by atoms with van der Waals surface area (Å²) in [6.07, 6.45) is 0. The average Bonchev–Trinajstić information content (AvgIpc) is 2.62. The van der Waals surface area contributed by atoms with E-state index in [9.17, 15) is 0 Å². The maximum absolute atomic E-state index is 5.48. The van der Waals surface area contributed by atoms with Crippen LogP contribution in [0.4, 0.5) is 5.69 Å². The van der Waals surface area contributed by atoms with Crippen LogP contribution in [-0.2, 0) is 13.1 Å². The van der Waals surface area contributed by atoms with Gasteiger partial charge in [-0.3, -0.25) is 4.90 Å². The summed E-state index contributed by atoms with van der Waals surface area (Å²) in [6, 6.07) is 14.8. The summed E-state index contributed by atoms with van der Waals surface area (Å²) < 4.78 is 0. The van der Waals surface area contributed by atoms with Gasteiger partial charge in [-0.1, -0.05) is 50.2 Å². The zero-order valence-corrected chi connectivity index (χ0v) is 16.5. The Morgan fingerprint density at radius 3 is 2.32 bits per heavy atom. The van der Waals surface area contributed by atoms with Gasteiger partial charge in [-0.2, -0.15) is 0 Å². The first-order chi connectivity index (χ1) is 12.0. The van der Waals surface area contributed by atoms with Crippen molar-refractivity contribution in [2.75, 3.05) is 18.4 Å². The quantitative estimate of drug-likeness (QED) is 0.708. The van der Waals surface area contributed by atoms with Crippen LogP contribution in [0.5, 0.6) is 0 Å². The number of nitrogens with one attached hydrogen (secondary N) is 2. The van der Waals surface area contributed by atoms with E-state index in [1.165, 1.54) is 22.3 Å². The third-order valence-corrected chi connectivity index (χ3v) is 4.95. The number of thiocarbonyl (C=S) groups is 1. The standard InChI is InChI=1S/C21H29N3S/c1-5-24(6-2)15-19-12-8-7-11-18(19)14-22-21(25)23-20-13-9-10-16(3)17(20)4/h7-13H,5-6,14-15H2,1-4H3,(H2,22,23,25). The minimum absolute atomic E-state index is 0.659. The van der Waals surface area contributed by atoms with Crippen molar-refractivity contribution in [3.05, 3.63) is 64.7 Å². The van der Waals surface area contributed by atoms with Gasteiger partial charge in [0.25, 0.3) is 0 Å². The van der Waals surface area contributed by atoms with E-state index < -0.39 is 0 Å². The molecule has 0 atom stereocenters. The lowest BCUT2D eigenvalue weighted by molar-refractivity contribution is 0.295. The highest BCUT2D eigenvalue weighted by Gasteiger charge is 2.07. The lowest BCUT2D eigenvalue weighted by Gasteiger charge is -2.20. The fraction of sp³-hybridized carbons (Fsp3) is 0.381. The molecular weight excluding hydrogens is 326 g/mol. The molecule has 0 aliphatic rings. The lowest BCUT2D eigenvalue weighted by Crippen LogP contribution is -2.29. The van der Waals surface area contributed by atoms with Crippen LogP contribution in [0.25, 0.3) is 0 Å². The van der Waals surface area contributed by atoms with E-state index in [0.29, 0.717) is 5.11 Å². The van der Waals surface area contributed by atoms with Crippen molar-refractivity contribution in [2.45, 2.75) is 40.8 Å². The summed E-state index contributed by atoms with van der Waals surface area (Å²) in [4.78, 5) is 2.42. The Kier molecular flexibility index (Phi) is 7.41. The van der Waals surface area contributed by atoms with E-state index >= 15 is 0 Å². The fourth-order valence-electron chi connectivity index (χ4n) is 2.80. The maximum atomic E-state index is 5.48. The molecule has 0 aromatic heterocycles. The molecule has 0 fully saturated rings. The molecule has 0 heterocycles. The Bertz CT molecular complexity index is 708. The number of aryl methyl sites for hydroxylation is 1. The SMILES string of the molecule is CCN(CC)Cc1ccccc1CNC(=S)Nc1cccc(C)c1C. The lowest BCUT2D eigenvalue weighted by atomic mass is 10.1. The molecule has 0 aliphatic carbocycles. The van der Waals surface area contributed by atoms with Gasteiger partial charge in [0, 0.05) is 18.8 Å². The Morgan fingerprint density at radius 2 is 1.64 bits per heavy atom. The Balaban J connectivity index is 1.99. The van der Waals surface area contributed by atoms with Gasteiger partial charge in [-0.25, -0.2) is 0 Å². The van der Waals surface area contributed by atoms with Crippen LogP contribution in [0.1, 0.15) is 36.1 Å². The number of hydrogen-bond donors (Lipinski definition) is 2. The molecule has 2 aromatic carbocycles. The van der Waals surface area contributed by atoms with Gasteiger partial charge >= 0.3 is 0 Å². The molecular formula is C21H29N3S. The van der Waals surface area contributed by atoms with Crippen molar-refractivity contribution in [3.8, 4) is 0 Å². The molecule has 3 nitrogen and oxygen atoms in total. The third-order valence-electron chi connectivity index (χ3n) is 4.70. The average molecular weight is 356 g/mol. The fourth-order valence-corrected chi connectivity index (χ4v) is 2.98. The number of anilines is 1. The van der Waals surface area contributed by atoms with Crippen molar-refractivity contribution in [1.29, 1.82) is 0 Å². The van der Waals surface area contributed by atoms with E-state index in [0.717, 1.165) is 31.9 Å². The number of nitrogens with zero attached hydrogens (tertiary/aromatic N) is 1. The largest absolute Gasteiger partial charge is 0.358 e. The van der Waals surface area contributed by atoms with Gasteiger partial charge in [0.15, 0.2) is 5.11 Å². The van der Waals surface area contributed by atoms with Crippen LogP contribution in [-0.4, -0.2) is 23.1 Å². The highest BCUT2D eigenvalue weighted by atomic mass is 32.1. The molecule has 0 saturated carbocycles. The number of hydrogen-bond acceptors (Lipinski definition) is 2. The summed E-state index contributed by atoms with van der Waals surface area (Å²) >= 11 is 5.48. The Hall–Kier alpha value is -1.91. The van der Waals surface area contributed by atoms with E-state index in [2.05, 4.69) is 79.6 Å². The summed E-state index contributed by atoms with van der Waals surface area (Å²) in [6.45, 7) is 12.5. The van der Waals surface area contributed by atoms with E-state index in [-0.39, 0.29) is 0 Å². The van der Waals surface area contributed by atoms with Gasteiger partial charge in [0.2, 0.25) is 0 Å². The molecule has 2 N–H and O–H groups in total. The van der Waals surface area contributed by atoms with Gasteiger partial charge in [0.05, 0.1) is 0 Å². The van der Waals surface area contributed by atoms with Crippen molar-refractivity contribution < 1.29 is 0 Å². The summed E-state index contributed by atoms with van der Waals surface area (Å²) in [5.41, 5.74) is 6.20. The van der Waals surface area contributed by atoms with Crippen LogP contribution < -0.4 is 10.6 Å². The topological polar surface area (TPSA) is 27.3 Å². The van der Waals surface area contributed by atoms with Gasteiger partial charge in [0.1, 0.15) is 0 Å². The molecule has 134 valence electrons. The highest BCUT2D eigenvalue weighted by molar-refractivity contribution is 7.80. The second-order valence-electron chi connectivity index (χ2n) is 6.29. The molecule has 0 spiro atoms. The Morgan fingerprint density at radius 1 is 0.960 bits per heavy atom. The van der Waals surface area contributed by atoms with Crippen LogP contribution in [0.2, 0.25) is 0 Å². The molecule has 4 heteroatoms. The highest BCUT2D eigenvalue weighted by Crippen LogP contribution is 2.18. The normalized spacial score (nSPS) is 10.8. The smallest absolute Gasteiger partial charge is 0.171 e. The summed E-state index contributed by atoms with van der Waals surface area (Å²) in [7, 11) is 0. The van der Waals surface area contributed by atoms with Crippen LogP contribution in [0.3, 0.4) is 0 Å². The van der Waals surface area contributed by atoms with Crippen LogP contribution in [0.15, 0.2) is 42.5 Å². The third kappa shape index (κ3) is 5.55. The molecule has 0 amide bonds. The zero-order chi connectivity index (χ0) is 18.2. The molecule has 0 unspecified atom stereocenters. The second-order valence-corrected chi connectivity index (χ2v) is 6.69. The number of rotatable bonds is 7. The van der Waals surface area contributed by atoms with Crippen molar-refractivity contribution in [2.24, 2.45) is 0 Å². The van der Waals surface area contributed by atoms with Crippen LogP contribution >= 0.6 is 12.2 Å². The Labute approximate surface area is 157 Å². The summed E-state index contributed by atoms with van der Waals surface area (Å²) in [5, 5.41) is 7.32. The molecule has 0 saturated heterocycles. The minimum atomic E-state index is 0.659. The predicted molar refractivity (Wildman–Crippen MR) is 112 cm³/mol.